The van der Waals surface area contributed by atoms with Crippen molar-refractivity contribution in [3.63, 3.8) is 0 Å². The smallest absolute Gasteiger partial charge is 0.410 e. The number of aliphatic hydroxyl groups excluding tert-OH is 1. The van der Waals surface area contributed by atoms with Crippen molar-refractivity contribution in [1.29, 1.82) is 0 Å². The van der Waals surface area contributed by atoms with E-state index in [4.69, 9.17) is 4.74 Å². The van der Waals surface area contributed by atoms with Crippen LogP contribution >= 0.6 is 0 Å². The molecule has 1 amide bonds. The first-order valence-corrected chi connectivity index (χ1v) is 8.58. The van der Waals surface area contributed by atoms with Gasteiger partial charge in [0.05, 0.1) is 0 Å². The molecule has 2 aliphatic rings. The van der Waals surface area contributed by atoms with Crippen LogP contribution in [0.5, 0.6) is 0 Å². The zero-order valence-corrected chi connectivity index (χ0v) is 14.5. The first-order valence-electron chi connectivity index (χ1n) is 8.58. The molecule has 5 nitrogen and oxygen atoms in total. The molecule has 128 valence electrons. The maximum Gasteiger partial charge on any atom is 0.410 e. The van der Waals surface area contributed by atoms with E-state index in [-0.39, 0.29) is 18.1 Å². The number of hydrogen-bond donors (Lipinski definition) is 2. The standard InChI is InChI=1S/C17H32N2O3/c1-16(2,3)22-15(21)19-10-7-13(8-11-19)18-14-6-5-9-17(14,4)12-20/h13-14,18,20H,5-12H2,1-4H3. The second-order valence-electron chi connectivity index (χ2n) is 8.17. The maximum atomic E-state index is 12.1. The van der Waals surface area contributed by atoms with Crippen molar-refractivity contribution < 1.29 is 14.6 Å². The molecule has 0 spiro atoms. The highest BCUT2D eigenvalue weighted by Crippen LogP contribution is 2.38. The first-order chi connectivity index (χ1) is 10.2. The molecule has 1 aliphatic heterocycles. The first kappa shape index (κ1) is 17.5. The Balaban J connectivity index is 1.79. The van der Waals surface area contributed by atoms with Crippen LogP contribution < -0.4 is 5.32 Å². The summed E-state index contributed by atoms with van der Waals surface area (Å²) < 4.78 is 5.43. The molecule has 0 aromatic rings. The van der Waals surface area contributed by atoms with E-state index >= 15 is 0 Å². The number of ether oxygens (including phenoxy) is 1. The summed E-state index contributed by atoms with van der Waals surface area (Å²) in [6, 6.07) is 0.836. The number of nitrogens with one attached hydrogen (secondary N) is 1. The molecule has 0 aromatic carbocycles. The Morgan fingerprint density at radius 1 is 1.32 bits per heavy atom. The number of aliphatic hydroxyl groups is 1. The van der Waals surface area contributed by atoms with E-state index in [1.165, 1.54) is 6.42 Å². The van der Waals surface area contributed by atoms with Crippen molar-refractivity contribution in [2.45, 2.75) is 77.5 Å². The highest BCUT2D eigenvalue weighted by molar-refractivity contribution is 5.68. The van der Waals surface area contributed by atoms with Gasteiger partial charge in [0.15, 0.2) is 0 Å². The minimum Gasteiger partial charge on any atom is -0.444 e. The molecule has 1 heterocycles. The number of rotatable bonds is 3. The average Bonchev–Trinajstić information content (AvgIpc) is 2.80. The van der Waals surface area contributed by atoms with Crippen LogP contribution in [-0.2, 0) is 4.74 Å². The van der Waals surface area contributed by atoms with Gasteiger partial charge in [-0.2, -0.15) is 0 Å². The third kappa shape index (κ3) is 4.35. The summed E-state index contributed by atoms with van der Waals surface area (Å²) in [5, 5.41) is 13.4. The van der Waals surface area contributed by atoms with E-state index in [0.29, 0.717) is 12.1 Å². The summed E-state index contributed by atoms with van der Waals surface area (Å²) in [4.78, 5) is 13.9. The van der Waals surface area contributed by atoms with Gasteiger partial charge >= 0.3 is 6.09 Å². The van der Waals surface area contributed by atoms with E-state index in [1.807, 2.05) is 25.7 Å². The molecule has 2 N–H and O–H groups in total. The summed E-state index contributed by atoms with van der Waals surface area (Å²) in [6.45, 7) is 9.61. The van der Waals surface area contributed by atoms with E-state index in [1.54, 1.807) is 0 Å². The lowest BCUT2D eigenvalue weighted by Gasteiger charge is -2.38. The van der Waals surface area contributed by atoms with Crippen LogP contribution in [0.25, 0.3) is 0 Å². The largest absolute Gasteiger partial charge is 0.444 e. The number of nitrogens with zero attached hydrogens (tertiary/aromatic N) is 1. The van der Waals surface area contributed by atoms with Crippen molar-refractivity contribution in [3.05, 3.63) is 0 Å². The van der Waals surface area contributed by atoms with Gasteiger partial charge in [0.2, 0.25) is 0 Å². The number of likely N-dealkylation sites (tertiary alicyclic amines) is 1. The van der Waals surface area contributed by atoms with Gasteiger partial charge in [-0.15, -0.1) is 0 Å². The second kappa shape index (κ2) is 6.75. The second-order valence-corrected chi connectivity index (χ2v) is 8.17. The van der Waals surface area contributed by atoms with Crippen LogP contribution in [0.1, 0.15) is 59.8 Å². The molecule has 1 saturated carbocycles. The zero-order chi connectivity index (χ0) is 16.4. The summed E-state index contributed by atoms with van der Waals surface area (Å²) in [7, 11) is 0. The van der Waals surface area contributed by atoms with Crippen molar-refractivity contribution in [1.82, 2.24) is 10.2 Å². The Morgan fingerprint density at radius 2 is 1.95 bits per heavy atom. The Labute approximate surface area is 134 Å². The number of amides is 1. The topological polar surface area (TPSA) is 61.8 Å². The number of hydrogen-bond acceptors (Lipinski definition) is 4. The maximum absolute atomic E-state index is 12.1. The molecule has 0 bridgehead atoms. The Bertz CT molecular complexity index is 386. The average molecular weight is 312 g/mol. The van der Waals surface area contributed by atoms with Gasteiger partial charge in [-0.3, -0.25) is 0 Å². The van der Waals surface area contributed by atoms with Crippen LogP contribution in [0.2, 0.25) is 0 Å². The molecular weight excluding hydrogens is 280 g/mol. The summed E-state index contributed by atoms with van der Waals surface area (Å²) >= 11 is 0. The van der Waals surface area contributed by atoms with Crippen LogP contribution in [0, 0.1) is 5.41 Å². The lowest BCUT2D eigenvalue weighted by Crippen LogP contribution is -2.52. The predicted octanol–water partition coefficient (Wildman–Crippen LogP) is 2.53. The van der Waals surface area contributed by atoms with Crippen molar-refractivity contribution >= 4 is 6.09 Å². The normalized spacial score (nSPS) is 30.6. The van der Waals surface area contributed by atoms with Crippen LogP contribution in [0.3, 0.4) is 0 Å². The van der Waals surface area contributed by atoms with Gasteiger partial charge in [-0.1, -0.05) is 13.3 Å². The van der Waals surface area contributed by atoms with Crippen LogP contribution in [-0.4, -0.2) is 53.5 Å². The number of piperidine rings is 1. The van der Waals surface area contributed by atoms with E-state index < -0.39 is 5.60 Å². The minimum atomic E-state index is -0.432. The van der Waals surface area contributed by atoms with Crippen molar-refractivity contribution in [2.75, 3.05) is 19.7 Å². The lowest BCUT2D eigenvalue weighted by atomic mass is 9.85. The lowest BCUT2D eigenvalue weighted by molar-refractivity contribution is 0.0187. The van der Waals surface area contributed by atoms with Gasteiger partial charge in [0, 0.05) is 37.2 Å². The fourth-order valence-corrected chi connectivity index (χ4v) is 3.55. The Hall–Kier alpha value is -0.810. The quantitative estimate of drug-likeness (QED) is 0.840. The fraction of sp³-hybridized carbons (Fsp3) is 0.941. The molecule has 0 aromatic heterocycles. The van der Waals surface area contributed by atoms with Gasteiger partial charge in [0.1, 0.15) is 5.60 Å². The molecule has 1 saturated heterocycles. The van der Waals surface area contributed by atoms with Gasteiger partial charge in [0.25, 0.3) is 0 Å². The number of carbonyl (C=O) groups is 1. The molecule has 2 atom stereocenters. The van der Waals surface area contributed by atoms with Crippen molar-refractivity contribution in [3.8, 4) is 0 Å². The summed E-state index contributed by atoms with van der Waals surface area (Å²) in [5.41, 5.74) is -0.415. The molecule has 2 unspecified atom stereocenters. The summed E-state index contributed by atoms with van der Waals surface area (Å²) in [6.07, 6.45) is 5.13. The summed E-state index contributed by atoms with van der Waals surface area (Å²) in [5.74, 6) is 0. The highest BCUT2D eigenvalue weighted by atomic mass is 16.6. The zero-order valence-electron chi connectivity index (χ0n) is 14.5. The monoisotopic (exact) mass is 312 g/mol. The van der Waals surface area contributed by atoms with Crippen LogP contribution in [0.4, 0.5) is 4.79 Å². The Morgan fingerprint density at radius 3 is 2.50 bits per heavy atom. The van der Waals surface area contributed by atoms with Gasteiger partial charge in [-0.05, 0) is 46.5 Å². The van der Waals surface area contributed by atoms with Crippen LogP contribution in [0.15, 0.2) is 0 Å². The fourth-order valence-electron chi connectivity index (χ4n) is 3.55. The third-order valence-corrected chi connectivity index (χ3v) is 5.03. The van der Waals surface area contributed by atoms with Gasteiger partial charge < -0.3 is 20.1 Å². The third-order valence-electron chi connectivity index (χ3n) is 5.03. The minimum absolute atomic E-state index is 0.0162. The Kier molecular flexibility index (Phi) is 5.38. The predicted molar refractivity (Wildman–Crippen MR) is 86.8 cm³/mol. The van der Waals surface area contributed by atoms with E-state index in [2.05, 4.69) is 12.2 Å². The molecule has 22 heavy (non-hydrogen) atoms. The van der Waals surface area contributed by atoms with E-state index in [9.17, 15) is 9.90 Å². The van der Waals surface area contributed by atoms with E-state index in [0.717, 1.165) is 38.8 Å². The van der Waals surface area contributed by atoms with Gasteiger partial charge in [-0.25, -0.2) is 4.79 Å². The SMILES string of the molecule is CC(C)(C)OC(=O)N1CCC(NC2CCCC2(C)CO)CC1. The molecular formula is C17H32N2O3. The molecule has 2 rings (SSSR count). The molecule has 2 fully saturated rings. The highest BCUT2D eigenvalue weighted by Gasteiger charge is 2.39. The molecule has 5 heteroatoms. The molecule has 1 aliphatic carbocycles. The molecule has 0 radical (unpaired) electrons. The van der Waals surface area contributed by atoms with Crippen molar-refractivity contribution in [2.24, 2.45) is 5.41 Å². The number of carbonyl (C=O) groups excluding carboxylic acids is 1.